The van der Waals surface area contributed by atoms with Gasteiger partial charge in [-0.2, -0.15) is 0 Å². The third kappa shape index (κ3) is 3.97. The number of aromatic nitrogens is 2. The monoisotopic (exact) mass is 339 g/mol. The summed E-state index contributed by atoms with van der Waals surface area (Å²) in [6, 6.07) is 17.5. The lowest BCUT2D eigenvalue weighted by Gasteiger charge is -2.04. The molecule has 1 amide bonds. The predicted octanol–water partition coefficient (Wildman–Crippen LogP) is 3.50. The van der Waals surface area contributed by atoms with Crippen LogP contribution in [0.2, 0.25) is 0 Å². The molecule has 0 saturated carbocycles. The predicted molar refractivity (Wildman–Crippen MR) is 93.8 cm³/mol. The topological polar surface area (TPSA) is 60.1 Å². The number of carbonyl (C=O) groups excluding carboxylic acids is 1. The molecule has 0 bridgehead atoms. The van der Waals surface area contributed by atoms with E-state index in [-0.39, 0.29) is 17.3 Å². The van der Waals surface area contributed by atoms with Crippen molar-refractivity contribution in [1.82, 2.24) is 15.1 Å². The number of hydrogen-bond acceptors (Lipinski definition) is 4. The maximum absolute atomic E-state index is 12.1. The van der Waals surface area contributed by atoms with E-state index in [4.69, 9.17) is 16.6 Å². The number of rotatable bonds is 5. The molecule has 0 unspecified atom stereocenters. The normalized spacial score (nSPS) is 10.5. The maximum Gasteiger partial charge on any atom is 0.287 e. The summed E-state index contributed by atoms with van der Waals surface area (Å²) >= 11 is 5.15. The van der Waals surface area contributed by atoms with Gasteiger partial charge < -0.3 is 9.73 Å². The van der Waals surface area contributed by atoms with Crippen LogP contribution >= 0.6 is 12.2 Å². The minimum atomic E-state index is -0.168. The molecule has 0 fully saturated rings. The molecule has 122 valence electrons. The first kappa shape index (κ1) is 16.1. The molecule has 1 aromatic heterocycles. The molecule has 5 nitrogen and oxygen atoms in total. The van der Waals surface area contributed by atoms with E-state index in [9.17, 15) is 4.79 Å². The summed E-state index contributed by atoms with van der Waals surface area (Å²) in [5, 5.41) is 7.13. The SMILES string of the molecule is Cc1ccc(-c2nn(CC(=O)NCc3ccccc3)c(=S)o2)cc1. The van der Waals surface area contributed by atoms with E-state index < -0.39 is 0 Å². The zero-order valence-electron chi connectivity index (χ0n) is 13.2. The summed E-state index contributed by atoms with van der Waals surface area (Å²) in [5.41, 5.74) is 3.02. The first-order valence-electron chi connectivity index (χ1n) is 7.57. The summed E-state index contributed by atoms with van der Waals surface area (Å²) in [7, 11) is 0. The molecule has 24 heavy (non-hydrogen) atoms. The zero-order chi connectivity index (χ0) is 16.9. The Morgan fingerprint density at radius 2 is 1.88 bits per heavy atom. The molecular formula is C18H17N3O2S. The highest BCUT2D eigenvalue weighted by atomic mass is 32.1. The smallest absolute Gasteiger partial charge is 0.287 e. The van der Waals surface area contributed by atoms with Crippen molar-refractivity contribution in [2.24, 2.45) is 0 Å². The van der Waals surface area contributed by atoms with Gasteiger partial charge in [0.2, 0.25) is 11.8 Å². The number of nitrogens with one attached hydrogen (secondary N) is 1. The summed E-state index contributed by atoms with van der Waals surface area (Å²) < 4.78 is 6.88. The first-order chi connectivity index (χ1) is 11.6. The fourth-order valence-electron chi connectivity index (χ4n) is 2.21. The molecule has 3 rings (SSSR count). The van der Waals surface area contributed by atoms with Crippen molar-refractivity contribution in [2.75, 3.05) is 0 Å². The number of nitrogens with zero attached hydrogens (tertiary/aromatic N) is 2. The van der Waals surface area contributed by atoms with E-state index in [1.54, 1.807) is 0 Å². The van der Waals surface area contributed by atoms with Crippen molar-refractivity contribution >= 4 is 18.1 Å². The van der Waals surface area contributed by atoms with Gasteiger partial charge in [0.05, 0.1) is 0 Å². The average Bonchev–Trinajstić information content (AvgIpc) is 2.95. The second kappa shape index (κ2) is 7.23. The van der Waals surface area contributed by atoms with Crippen molar-refractivity contribution in [3.63, 3.8) is 0 Å². The van der Waals surface area contributed by atoms with Crippen molar-refractivity contribution < 1.29 is 9.21 Å². The van der Waals surface area contributed by atoms with Crippen LogP contribution in [0.15, 0.2) is 59.0 Å². The molecule has 0 radical (unpaired) electrons. The van der Waals surface area contributed by atoms with Gasteiger partial charge in [0.1, 0.15) is 6.54 Å². The number of carbonyl (C=O) groups is 1. The summed E-state index contributed by atoms with van der Waals surface area (Å²) in [4.78, 5) is 12.2. The largest absolute Gasteiger partial charge is 0.409 e. The van der Waals surface area contributed by atoms with E-state index in [1.807, 2.05) is 61.5 Å². The van der Waals surface area contributed by atoms with Crippen LogP contribution in [0.5, 0.6) is 0 Å². The highest BCUT2D eigenvalue weighted by Crippen LogP contribution is 2.18. The fourth-order valence-corrected chi connectivity index (χ4v) is 2.39. The van der Waals surface area contributed by atoms with Crippen LogP contribution in [0, 0.1) is 11.8 Å². The molecule has 0 aliphatic carbocycles. The molecule has 0 atom stereocenters. The van der Waals surface area contributed by atoms with Gasteiger partial charge in [0.15, 0.2) is 0 Å². The summed E-state index contributed by atoms with van der Waals surface area (Å²) in [5.74, 6) is 0.245. The lowest BCUT2D eigenvalue weighted by molar-refractivity contribution is -0.122. The molecule has 6 heteroatoms. The number of hydrogen-bond donors (Lipinski definition) is 1. The number of aryl methyl sites for hydroxylation is 1. The van der Waals surface area contributed by atoms with Gasteiger partial charge in [0, 0.05) is 12.1 Å². The van der Waals surface area contributed by atoms with Crippen LogP contribution in [-0.2, 0) is 17.9 Å². The number of amides is 1. The minimum Gasteiger partial charge on any atom is -0.409 e. The molecule has 3 aromatic rings. The van der Waals surface area contributed by atoms with E-state index in [2.05, 4.69) is 10.4 Å². The molecular weight excluding hydrogens is 322 g/mol. The number of benzene rings is 2. The van der Waals surface area contributed by atoms with Gasteiger partial charge in [-0.05, 0) is 36.8 Å². The maximum atomic E-state index is 12.1. The van der Waals surface area contributed by atoms with Crippen LogP contribution in [0.1, 0.15) is 11.1 Å². The van der Waals surface area contributed by atoms with Gasteiger partial charge in [0.25, 0.3) is 4.84 Å². The lowest BCUT2D eigenvalue weighted by atomic mass is 10.1. The van der Waals surface area contributed by atoms with Crippen molar-refractivity contribution in [1.29, 1.82) is 0 Å². The Bertz CT molecular complexity index is 883. The van der Waals surface area contributed by atoms with Gasteiger partial charge in [-0.25, -0.2) is 4.68 Å². The van der Waals surface area contributed by atoms with E-state index in [0.29, 0.717) is 12.4 Å². The Morgan fingerprint density at radius 1 is 1.17 bits per heavy atom. The van der Waals surface area contributed by atoms with E-state index >= 15 is 0 Å². The zero-order valence-corrected chi connectivity index (χ0v) is 14.0. The Morgan fingerprint density at radius 3 is 2.58 bits per heavy atom. The first-order valence-corrected chi connectivity index (χ1v) is 7.98. The average molecular weight is 339 g/mol. The van der Waals surface area contributed by atoms with Crippen LogP contribution in [0.4, 0.5) is 0 Å². The summed E-state index contributed by atoms with van der Waals surface area (Å²) in [6.45, 7) is 2.51. The summed E-state index contributed by atoms with van der Waals surface area (Å²) in [6.07, 6.45) is 0. The molecule has 1 N–H and O–H groups in total. The standard InChI is InChI=1S/C18H17N3O2S/c1-13-7-9-15(10-8-13)17-20-21(18(24)23-17)12-16(22)19-11-14-5-3-2-4-6-14/h2-10H,11-12H2,1H3,(H,19,22). The van der Waals surface area contributed by atoms with Crippen LogP contribution in [0.25, 0.3) is 11.5 Å². The van der Waals surface area contributed by atoms with Crippen LogP contribution < -0.4 is 5.32 Å². The lowest BCUT2D eigenvalue weighted by Crippen LogP contribution is -2.27. The Kier molecular flexibility index (Phi) is 4.86. The van der Waals surface area contributed by atoms with Crippen molar-refractivity contribution in [3.8, 4) is 11.5 Å². The van der Waals surface area contributed by atoms with Gasteiger partial charge in [-0.15, -0.1) is 5.10 Å². The minimum absolute atomic E-state index is 0.0288. The second-order valence-corrected chi connectivity index (χ2v) is 5.81. The van der Waals surface area contributed by atoms with Crippen LogP contribution in [-0.4, -0.2) is 15.7 Å². The highest BCUT2D eigenvalue weighted by Gasteiger charge is 2.11. The van der Waals surface area contributed by atoms with Crippen molar-refractivity contribution in [2.45, 2.75) is 20.0 Å². The third-order valence-corrected chi connectivity index (χ3v) is 3.82. The highest BCUT2D eigenvalue weighted by molar-refractivity contribution is 7.71. The second-order valence-electron chi connectivity index (χ2n) is 5.46. The third-order valence-electron chi connectivity index (χ3n) is 3.53. The van der Waals surface area contributed by atoms with Gasteiger partial charge >= 0.3 is 0 Å². The van der Waals surface area contributed by atoms with E-state index in [0.717, 1.165) is 16.7 Å². The van der Waals surface area contributed by atoms with Crippen molar-refractivity contribution in [3.05, 3.63) is 70.6 Å². The van der Waals surface area contributed by atoms with E-state index in [1.165, 1.54) is 4.68 Å². The quantitative estimate of drug-likeness (QED) is 0.723. The van der Waals surface area contributed by atoms with Crippen LogP contribution in [0.3, 0.4) is 0 Å². The van der Waals surface area contributed by atoms with Gasteiger partial charge in [-0.1, -0.05) is 48.0 Å². The molecule has 1 heterocycles. The van der Waals surface area contributed by atoms with Gasteiger partial charge in [-0.3, -0.25) is 4.79 Å². The Hall–Kier alpha value is -2.73. The molecule has 2 aromatic carbocycles. The molecule has 0 spiro atoms. The molecule has 0 aliphatic heterocycles. The molecule has 0 saturated heterocycles. The fraction of sp³-hybridized carbons (Fsp3) is 0.167. The Balaban J connectivity index is 1.66. The Labute approximate surface area is 144 Å². The molecule has 0 aliphatic rings.